The number of ether oxygens (including phenoxy) is 1. The Morgan fingerprint density at radius 2 is 1.83 bits per heavy atom. The Bertz CT molecular complexity index is 1120. The number of nitrogens with zero attached hydrogens (tertiary/aromatic N) is 2. The number of carbonyl (C=O) groups excluding carboxylic acids is 1. The number of rotatable bonds is 6. The average Bonchev–Trinajstić information content (AvgIpc) is 3.25. The molecular weight excluding hydrogens is 437 g/mol. The van der Waals surface area contributed by atoms with E-state index in [0.29, 0.717) is 5.01 Å². The summed E-state index contributed by atoms with van der Waals surface area (Å²) < 4.78 is 72.0. The van der Waals surface area contributed by atoms with Crippen LogP contribution >= 0.6 is 11.3 Å². The first-order valence-electron chi connectivity index (χ1n) is 7.62. The molecule has 0 bridgehead atoms. The predicted molar refractivity (Wildman–Crippen MR) is 95.2 cm³/mol. The zero-order valence-electron chi connectivity index (χ0n) is 14.4. The fourth-order valence-electron chi connectivity index (χ4n) is 2.02. The maximum atomic E-state index is 12.3. The highest BCUT2D eigenvalue weighted by molar-refractivity contribution is 7.92. The average molecular weight is 448 g/mol. The Balaban J connectivity index is 1.69. The van der Waals surface area contributed by atoms with Crippen molar-refractivity contribution in [2.24, 2.45) is 0 Å². The molecule has 9 nitrogen and oxygen atoms in total. The number of sulfonamides is 1. The molecule has 0 unspecified atom stereocenters. The second-order valence-electron chi connectivity index (χ2n) is 5.38. The third kappa shape index (κ3) is 5.45. The number of benzene rings is 1. The summed E-state index contributed by atoms with van der Waals surface area (Å²) in [5.74, 6) is -1.52. The fourth-order valence-corrected chi connectivity index (χ4v) is 3.60. The van der Waals surface area contributed by atoms with E-state index in [1.165, 1.54) is 0 Å². The van der Waals surface area contributed by atoms with Gasteiger partial charge in [-0.2, -0.15) is 8.42 Å². The van der Waals surface area contributed by atoms with Crippen molar-refractivity contribution in [2.75, 3.05) is 10.0 Å². The minimum atomic E-state index is -4.86. The number of aromatic nitrogens is 2. The van der Waals surface area contributed by atoms with Crippen molar-refractivity contribution in [3.8, 4) is 5.75 Å². The molecule has 29 heavy (non-hydrogen) atoms. The van der Waals surface area contributed by atoms with E-state index in [0.717, 1.165) is 47.7 Å². The number of hydrogen-bond donors (Lipinski definition) is 2. The number of hydrogen-bond acceptors (Lipinski definition) is 8. The summed E-state index contributed by atoms with van der Waals surface area (Å²) in [5, 5.41) is 10.1. The van der Waals surface area contributed by atoms with E-state index in [1.54, 1.807) is 6.92 Å². The lowest BCUT2D eigenvalue weighted by molar-refractivity contribution is -0.274. The maximum Gasteiger partial charge on any atom is 0.573 e. The molecule has 0 aliphatic rings. The van der Waals surface area contributed by atoms with Crippen LogP contribution in [-0.4, -0.2) is 30.9 Å². The van der Waals surface area contributed by atoms with Crippen molar-refractivity contribution in [1.82, 2.24) is 10.2 Å². The van der Waals surface area contributed by atoms with Gasteiger partial charge >= 0.3 is 6.36 Å². The number of furan rings is 1. The summed E-state index contributed by atoms with van der Waals surface area (Å²) in [6.07, 6.45) is -4.86. The molecule has 0 atom stereocenters. The second-order valence-corrected chi connectivity index (χ2v) is 8.17. The van der Waals surface area contributed by atoms with Crippen LogP contribution < -0.4 is 14.8 Å². The molecule has 154 valence electrons. The molecule has 0 spiro atoms. The highest BCUT2D eigenvalue weighted by Gasteiger charge is 2.31. The summed E-state index contributed by atoms with van der Waals surface area (Å²) in [5.41, 5.74) is -0.0359. The lowest BCUT2D eigenvalue weighted by atomic mass is 10.3. The zero-order chi connectivity index (χ0) is 21.2. The van der Waals surface area contributed by atoms with E-state index < -0.39 is 33.1 Å². The largest absolute Gasteiger partial charge is 0.573 e. The summed E-state index contributed by atoms with van der Waals surface area (Å²) in [6, 6.07) is 6.24. The number of alkyl halides is 3. The van der Waals surface area contributed by atoms with E-state index in [1.807, 2.05) is 0 Å². The highest BCUT2D eigenvalue weighted by Crippen LogP contribution is 2.25. The quantitative estimate of drug-likeness (QED) is 0.592. The van der Waals surface area contributed by atoms with Gasteiger partial charge < -0.3 is 9.15 Å². The fraction of sp³-hybridized carbons (Fsp3) is 0.133. The first-order chi connectivity index (χ1) is 13.5. The molecule has 0 fully saturated rings. The molecule has 3 aromatic rings. The van der Waals surface area contributed by atoms with Gasteiger partial charge in [0.25, 0.3) is 15.9 Å². The number of nitrogens with one attached hydrogen (secondary N) is 2. The van der Waals surface area contributed by atoms with Crippen LogP contribution in [0.5, 0.6) is 5.75 Å². The summed E-state index contributed by atoms with van der Waals surface area (Å²) in [6.45, 7) is 1.69. The van der Waals surface area contributed by atoms with E-state index in [2.05, 4.69) is 25.0 Å². The van der Waals surface area contributed by atoms with Gasteiger partial charge in [-0.25, -0.2) is 0 Å². The lowest BCUT2D eigenvalue weighted by Crippen LogP contribution is -2.17. The van der Waals surface area contributed by atoms with Crippen molar-refractivity contribution in [3.05, 3.63) is 47.2 Å². The van der Waals surface area contributed by atoms with Crippen LogP contribution in [0.4, 0.5) is 24.0 Å². The van der Waals surface area contributed by atoms with Gasteiger partial charge in [-0.05, 0) is 43.3 Å². The van der Waals surface area contributed by atoms with Crippen LogP contribution in [0.25, 0.3) is 0 Å². The first-order valence-corrected chi connectivity index (χ1v) is 9.92. The molecule has 1 amide bonds. The first kappa shape index (κ1) is 20.6. The van der Waals surface area contributed by atoms with Gasteiger partial charge in [-0.15, -0.1) is 23.4 Å². The minimum absolute atomic E-state index is 0.0359. The summed E-state index contributed by atoms with van der Waals surface area (Å²) in [4.78, 5) is 12.1. The number of amides is 1. The SMILES string of the molecule is Cc1nnc(NC(=O)c2ccc(S(=O)(=O)Nc3ccc(OC(F)(F)F)cc3)o2)s1. The molecule has 0 saturated carbocycles. The van der Waals surface area contributed by atoms with Gasteiger partial charge in [-0.1, -0.05) is 11.3 Å². The van der Waals surface area contributed by atoms with Crippen molar-refractivity contribution in [1.29, 1.82) is 0 Å². The molecular formula is C15H11F3N4O5S2. The molecule has 1 aromatic carbocycles. The van der Waals surface area contributed by atoms with Gasteiger partial charge in [0.05, 0.1) is 0 Å². The summed E-state index contributed by atoms with van der Waals surface area (Å²) >= 11 is 1.12. The number of aryl methyl sites for hydroxylation is 1. The summed E-state index contributed by atoms with van der Waals surface area (Å²) in [7, 11) is -4.23. The molecule has 2 N–H and O–H groups in total. The Morgan fingerprint density at radius 1 is 1.14 bits per heavy atom. The van der Waals surface area contributed by atoms with Crippen molar-refractivity contribution >= 4 is 38.1 Å². The Morgan fingerprint density at radius 3 is 2.41 bits per heavy atom. The van der Waals surface area contributed by atoms with Crippen LogP contribution in [0.3, 0.4) is 0 Å². The lowest BCUT2D eigenvalue weighted by Gasteiger charge is -2.10. The number of halogens is 3. The number of anilines is 2. The monoisotopic (exact) mass is 448 g/mol. The van der Waals surface area contributed by atoms with Gasteiger partial charge in [0.2, 0.25) is 10.2 Å². The van der Waals surface area contributed by atoms with Crippen LogP contribution in [-0.2, 0) is 10.0 Å². The molecule has 3 rings (SSSR count). The highest BCUT2D eigenvalue weighted by atomic mass is 32.2. The van der Waals surface area contributed by atoms with Crippen LogP contribution in [0.1, 0.15) is 15.6 Å². The maximum absolute atomic E-state index is 12.3. The van der Waals surface area contributed by atoms with Gasteiger partial charge in [0, 0.05) is 5.69 Å². The van der Waals surface area contributed by atoms with E-state index >= 15 is 0 Å². The van der Waals surface area contributed by atoms with E-state index in [-0.39, 0.29) is 16.6 Å². The molecule has 0 aliphatic carbocycles. The molecule has 0 radical (unpaired) electrons. The Kier molecular flexibility index (Phi) is 5.48. The van der Waals surface area contributed by atoms with Crippen molar-refractivity contribution in [2.45, 2.75) is 18.4 Å². The normalized spacial score (nSPS) is 11.9. The molecule has 0 aliphatic heterocycles. The Hall–Kier alpha value is -3.13. The Labute approximate surface area is 165 Å². The molecule has 2 aromatic heterocycles. The minimum Gasteiger partial charge on any atom is -0.438 e. The zero-order valence-corrected chi connectivity index (χ0v) is 16.0. The van der Waals surface area contributed by atoms with Crippen molar-refractivity contribution in [3.63, 3.8) is 0 Å². The molecule has 2 heterocycles. The molecule has 14 heteroatoms. The standard InChI is InChI=1S/C15H11F3N4O5S2/c1-8-20-21-14(28-8)19-13(23)11-6-7-12(26-11)29(24,25)22-9-2-4-10(5-3-9)27-15(16,17)18/h2-7,22H,1H3,(H,19,21,23). The smallest absolute Gasteiger partial charge is 0.438 e. The predicted octanol–water partition coefficient (Wildman–Crippen LogP) is 3.39. The molecule has 0 saturated heterocycles. The van der Waals surface area contributed by atoms with Crippen molar-refractivity contribution < 1.29 is 35.5 Å². The van der Waals surface area contributed by atoms with E-state index in [9.17, 15) is 26.4 Å². The third-order valence-electron chi connectivity index (χ3n) is 3.16. The van der Waals surface area contributed by atoms with Crippen LogP contribution in [0, 0.1) is 6.92 Å². The van der Waals surface area contributed by atoms with Crippen LogP contribution in [0.2, 0.25) is 0 Å². The van der Waals surface area contributed by atoms with Gasteiger partial charge in [-0.3, -0.25) is 14.8 Å². The van der Waals surface area contributed by atoms with E-state index in [4.69, 9.17) is 4.42 Å². The van der Waals surface area contributed by atoms with Gasteiger partial charge in [0.15, 0.2) is 5.76 Å². The van der Waals surface area contributed by atoms with Gasteiger partial charge in [0.1, 0.15) is 10.8 Å². The second kappa shape index (κ2) is 7.71. The number of carbonyl (C=O) groups is 1. The topological polar surface area (TPSA) is 123 Å². The third-order valence-corrected chi connectivity index (χ3v) is 5.16. The van der Waals surface area contributed by atoms with Crippen LogP contribution in [0.15, 0.2) is 45.9 Å².